The maximum Gasteiger partial charge on any atom is 0.186 e. The molecule has 0 fully saturated rings. The topological polar surface area (TPSA) is 9.23 Å². The number of benzene rings is 1. The zero-order chi connectivity index (χ0) is 9.90. The second kappa shape index (κ2) is 4.27. The highest BCUT2D eigenvalue weighted by Gasteiger charge is 2.20. The number of rotatable bonds is 3. The van der Waals surface area contributed by atoms with E-state index in [0.29, 0.717) is 0 Å². The fraction of sp³-hybridized carbons (Fsp3) is 0.400. The van der Waals surface area contributed by atoms with Crippen molar-refractivity contribution in [2.75, 3.05) is 0 Å². The second-order valence-corrected chi connectivity index (χ2v) is 8.81. The number of alkyl halides is 1. The maximum absolute atomic E-state index is 6.10. The number of hydrogen-bond donors (Lipinski definition) is 0. The van der Waals surface area contributed by atoms with Gasteiger partial charge < -0.3 is 4.43 Å². The van der Waals surface area contributed by atoms with Crippen molar-refractivity contribution in [3.05, 3.63) is 35.9 Å². The first-order chi connectivity index (χ1) is 5.99. The van der Waals surface area contributed by atoms with E-state index in [2.05, 4.69) is 19.6 Å². The minimum absolute atomic E-state index is 0.298. The highest BCUT2D eigenvalue weighted by atomic mass is 35.5. The average molecular weight is 215 g/mol. The van der Waals surface area contributed by atoms with Crippen molar-refractivity contribution < 1.29 is 4.43 Å². The summed E-state index contributed by atoms with van der Waals surface area (Å²) in [6.07, 6.45) is 0. The Bertz CT molecular complexity index is 255. The molecule has 0 spiro atoms. The highest BCUT2D eigenvalue weighted by Crippen LogP contribution is 2.25. The molecule has 1 unspecified atom stereocenters. The minimum Gasteiger partial charge on any atom is -0.398 e. The van der Waals surface area contributed by atoms with Crippen molar-refractivity contribution in [1.29, 1.82) is 0 Å². The lowest BCUT2D eigenvalue weighted by atomic mass is 10.2. The predicted octanol–water partition coefficient (Wildman–Crippen LogP) is 3.78. The summed E-state index contributed by atoms with van der Waals surface area (Å²) < 4.78 is 5.73. The average Bonchev–Trinajstić information content (AvgIpc) is 2.03. The Morgan fingerprint density at radius 2 is 1.69 bits per heavy atom. The van der Waals surface area contributed by atoms with Gasteiger partial charge in [0.05, 0.1) is 0 Å². The van der Waals surface area contributed by atoms with Crippen LogP contribution in [0.4, 0.5) is 0 Å². The first-order valence-electron chi connectivity index (χ1n) is 4.36. The summed E-state index contributed by atoms with van der Waals surface area (Å²) in [6.45, 7) is 6.39. The molecule has 13 heavy (non-hydrogen) atoms. The Balaban J connectivity index is 2.64. The van der Waals surface area contributed by atoms with E-state index in [1.807, 2.05) is 30.3 Å². The third kappa shape index (κ3) is 3.94. The van der Waals surface area contributed by atoms with Gasteiger partial charge in [-0.25, -0.2) is 0 Å². The summed E-state index contributed by atoms with van der Waals surface area (Å²) in [4.78, 5) is 0. The van der Waals surface area contributed by atoms with Gasteiger partial charge in [-0.3, -0.25) is 0 Å². The highest BCUT2D eigenvalue weighted by molar-refractivity contribution is 6.70. The molecule has 1 rings (SSSR count). The Labute approximate surface area is 85.8 Å². The van der Waals surface area contributed by atoms with E-state index < -0.39 is 8.32 Å². The Morgan fingerprint density at radius 1 is 1.15 bits per heavy atom. The van der Waals surface area contributed by atoms with E-state index in [-0.39, 0.29) is 5.56 Å². The normalized spacial score (nSPS) is 14.2. The van der Waals surface area contributed by atoms with E-state index in [9.17, 15) is 0 Å². The molecule has 0 aliphatic rings. The molecular formula is C10H15ClOSi. The molecular weight excluding hydrogens is 200 g/mol. The molecule has 0 heterocycles. The van der Waals surface area contributed by atoms with Gasteiger partial charge in [-0.1, -0.05) is 41.9 Å². The van der Waals surface area contributed by atoms with Crippen LogP contribution in [0.5, 0.6) is 0 Å². The van der Waals surface area contributed by atoms with E-state index in [1.54, 1.807) is 0 Å². The van der Waals surface area contributed by atoms with Crippen molar-refractivity contribution in [1.82, 2.24) is 0 Å². The summed E-state index contributed by atoms with van der Waals surface area (Å²) in [5.41, 5.74) is 0.736. The largest absolute Gasteiger partial charge is 0.398 e. The van der Waals surface area contributed by atoms with Gasteiger partial charge in [-0.2, -0.15) is 0 Å². The zero-order valence-corrected chi connectivity index (χ0v) is 10.0. The van der Waals surface area contributed by atoms with Crippen molar-refractivity contribution in [3.8, 4) is 0 Å². The van der Waals surface area contributed by atoms with Gasteiger partial charge in [-0.05, 0) is 25.2 Å². The fourth-order valence-corrected chi connectivity index (χ4v) is 2.69. The van der Waals surface area contributed by atoms with Gasteiger partial charge >= 0.3 is 0 Å². The fourth-order valence-electron chi connectivity index (χ4n) is 0.983. The Kier molecular flexibility index (Phi) is 3.53. The van der Waals surface area contributed by atoms with Crippen LogP contribution in [0.15, 0.2) is 30.3 Å². The smallest absolute Gasteiger partial charge is 0.186 e. The van der Waals surface area contributed by atoms with Crippen LogP contribution in [0, 0.1) is 0 Å². The number of halogens is 1. The van der Waals surface area contributed by atoms with Gasteiger partial charge in [0.25, 0.3) is 0 Å². The third-order valence-electron chi connectivity index (χ3n) is 1.52. The third-order valence-corrected chi connectivity index (χ3v) is 2.95. The van der Waals surface area contributed by atoms with E-state index in [0.717, 1.165) is 5.56 Å². The standard InChI is InChI=1S/C10H15ClOSi/c1-13(2,3)12-10(11)9-7-5-4-6-8-9/h4-8,10H,1-3H3. The molecule has 1 aromatic carbocycles. The van der Waals surface area contributed by atoms with Crippen LogP contribution in [-0.2, 0) is 4.43 Å². The lowest BCUT2D eigenvalue weighted by Gasteiger charge is -2.21. The molecule has 0 radical (unpaired) electrons. The lowest BCUT2D eigenvalue weighted by Crippen LogP contribution is -2.26. The molecule has 0 saturated carbocycles. The van der Waals surface area contributed by atoms with Gasteiger partial charge in [0, 0.05) is 0 Å². The molecule has 72 valence electrons. The molecule has 0 aliphatic heterocycles. The predicted molar refractivity (Wildman–Crippen MR) is 59.5 cm³/mol. The molecule has 1 aromatic rings. The Morgan fingerprint density at radius 3 is 2.15 bits per heavy atom. The second-order valence-electron chi connectivity index (χ2n) is 3.96. The first kappa shape index (κ1) is 10.8. The van der Waals surface area contributed by atoms with Gasteiger partial charge in [0.2, 0.25) is 0 Å². The molecule has 0 bridgehead atoms. The lowest BCUT2D eigenvalue weighted by molar-refractivity contribution is 0.281. The van der Waals surface area contributed by atoms with E-state index >= 15 is 0 Å². The maximum atomic E-state index is 6.10. The van der Waals surface area contributed by atoms with Crippen LogP contribution < -0.4 is 0 Å². The molecule has 0 saturated heterocycles. The molecule has 0 N–H and O–H groups in total. The van der Waals surface area contributed by atoms with Gasteiger partial charge in [-0.15, -0.1) is 0 Å². The minimum atomic E-state index is -1.54. The van der Waals surface area contributed by atoms with Crippen LogP contribution in [-0.4, -0.2) is 8.32 Å². The van der Waals surface area contributed by atoms with Gasteiger partial charge in [0.15, 0.2) is 8.32 Å². The molecule has 1 nitrogen and oxygen atoms in total. The molecule has 0 aromatic heterocycles. The van der Waals surface area contributed by atoms with E-state index in [4.69, 9.17) is 16.0 Å². The summed E-state index contributed by atoms with van der Waals surface area (Å²) in [7, 11) is -1.54. The SMILES string of the molecule is C[Si](C)(C)OC(Cl)c1ccccc1. The summed E-state index contributed by atoms with van der Waals surface area (Å²) in [5, 5.41) is 0. The quantitative estimate of drug-likeness (QED) is 0.550. The number of hydrogen-bond acceptors (Lipinski definition) is 1. The van der Waals surface area contributed by atoms with Crippen LogP contribution >= 0.6 is 11.6 Å². The van der Waals surface area contributed by atoms with Crippen LogP contribution in [0.3, 0.4) is 0 Å². The summed E-state index contributed by atoms with van der Waals surface area (Å²) >= 11 is 6.10. The van der Waals surface area contributed by atoms with Crippen molar-refractivity contribution in [2.45, 2.75) is 25.2 Å². The first-order valence-corrected chi connectivity index (χ1v) is 8.20. The van der Waals surface area contributed by atoms with Crippen LogP contribution in [0.2, 0.25) is 19.6 Å². The summed E-state index contributed by atoms with van der Waals surface area (Å²) in [5.74, 6) is 0. The molecule has 1 atom stereocenters. The van der Waals surface area contributed by atoms with E-state index in [1.165, 1.54) is 0 Å². The molecule has 0 aliphatic carbocycles. The van der Waals surface area contributed by atoms with Gasteiger partial charge in [0.1, 0.15) is 5.56 Å². The van der Waals surface area contributed by atoms with Crippen molar-refractivity contribution in [2.24, 2.45) is 0 Å². The molecule has 0 amide bonds. The molecule has 3 heteroatoms. The van der Waals surface area contributed by atoms with Crippen LogP contribution in [0.25, 0.3) is 0 Å². The Hall–Kier alpha value is -0.313. The van der Waals surface area contributed by atoms with Crippen molar-refractivity contribution >= 4 is 19.9 Å². The van der Waals surface area contributed by atoms with Crippen LogP contribution in [0.1, 0.15) is 11.1 Å². The zero-order valence-electron chi connectivity index (χ0n) is 8.25. The monoisotopic (exact) mass is 214 g/mol. The van der Waals surface area contributed by atoms with Crippen molar-refractivity contribution in [3.63, 3.8) is 0 Å². The summed E-state index contributed by atoms with van der Waals surface area (Å²) in [6, 6.07) is 9.88.